The van der Waals surface area contributed by atoms with Gasteiger partial charge in [0.05, 0.1) is 13.2 Å². The van der Waals surface area contributed by atoms with E-state index in [2.05, 4.69) is 9.97 Å². The van der Waals surface area contributed by atoms with E-state index in [0.29, 0.717) is 31.2 Å². The molecular formula is C12H12ClN3O2. The van der Waals surface area contributed by atoms with Crippen molar-refractivity contribution in [3.05, 3.63) is 24.4 Å². The summed E-state index contributed by atoms with van der Waals surface area (Å²) in [4.78, 5) is 10.6. The molecule has 0 spiro atoms. The van der Waals surface area contributed by atoms with Crippen molar-refractivity contribution in [1.82, 2.24) is 9.97 Å². The number of ether oxygens (including phenoxy) is 1. The van der Waals surface area contributed by atoms with E-state index >= 15 is 0 Å². The van der Waals surface area contributed by atoms with Crippen molar-refractivity contribution in [3.63, 3.8) is 0 Å². The lowest BCUT2D eigenvalue weighted by atomic mass is 10.2. The molecule has 94 valence electrons. The molecule has 1 aromatic carbocycles. The second-order valence-electron chi connectivity index (χ2n) is 4.11. The number of phenolic OH excluding ortho intramolecular Hbond substituents is 1. The number of morpholine rings is 1. The zero-order valence-corrected chi connectivity index (χ0v) is 10.3. The maximum Gasteiger partial charge on any atom is 0.226 e. The summed E-state index contributed by atoms with van der Waals surface area (Å²) in [7, 11) is 0. The second kappa shape index (κ2) is 4.59. The van der Waals surface area contributed by atoms with Gasteiger partial charge in [0.1, 0.15) is 16.8 Å². The SMILES string of the molecule is Oc1cccc2cnc(N3CCOC(Cl)C3)nc12. The Hall–Kier alpha value is -1.59. The normalized spacial score (nSPS) is 20.3. The summed E-state index contributed by atoms with van der Waals surface area (Å²) in [5.41, 5.74) is 0.211. The fraction of sp³-hybridized carbons (Fsp3) is 0.333. The summed E-state index contributed by atoms with van der Waals surface area (Å²) >= 11 is 5.94. The number of hydrogen-bond acceptors (Lipinski definition) is 5. The molecule has 6 heteroatoms. The molecule has 5 nitrogen and oxygen atoms in total. The van der Waals surface area contributed by atoms with Crippen LogP contribution in [0.3, 0.4) is 0 Å². The average molecular weight is 266 g/mol. The third-order valence-electron chi connectivity index (χ3n) is 2.88. The van der Waals surface area contributed by atoms with Crippen molar-refractivity contribution < 1.29 is 9.84 Å². The fourth-order valence-corrected chi connectivity index (χ4v) is 2.23. The highest BCUT2D eigenvalue weighted by atomic mass is 35.5. The summed E-state index contributed by atoms with van der Waals surface area (Å²) in [6.07, 6.45) is 1.70. The van der Waals surface area contributed by atoms with Gasteiger partial charge in [-0.05, 0) is 6.07 Å². The lowest BCUT2D eigenvalue weighted by Gasteiger charge is -2.29. The van der Waals surface area contributed by atoms with E-state index in [-0.39, 0.29) is 11.3 Å². The molecule has 0 bridgehead atoms. The largest absolute Gasteiger partial charge is 0.506 e. The first-order valence-corrected chi connectivity index (χ1v) is 6.13. The van der Waals surface area contributed by atoms with Gasteiger partial charge >= 0.3 is 0 Å². The van der Waals surface area contributed by atoms with Crippen molar-refractivity contribution >= 4 is 28.5 Å². The molecule has 1 atom stereocenters. The number of halogens is 1. The minimum absolute atomic E-state index is 0.159. The third kappa shape index (κ3) is 2.07. The van der Waals surface area contributed by atoms with Crippen molar-refractivity contribution in [2.45, 2.75) is 5.56 Å². The van der Waals surface area contributed by atoms with Gasteiger partial charge in [0.2, 0.25) is 5.95 Å². The molecule has 0 saturated carbocycles. The molecule has 1 aliphatic rings. The molecule has 1 fully saturated rings. The van der Waals surface area contributed by atoms with Crippen LogP contribution in [0.5, 0.6) is 5.75 Å². The number of para-hydroxylation sites is 1. The van der Waals surface area contributed by atoms with Crippen molar-refractivity contribution in [2.24, 2.45) is 0 Å². The van der Waals surface area contributed by atoms with Crippen LogP contribution in [0, 0.1) is 0 Å². The molecule has 0 amide bonds. The third-order valence-corrected chi connectivity index (χ3v) is 3.15. The highest BCUT2D eigenvalue weighted by Crippen LogP contribution is 2.24. The molecule has 1 saturated heterocycles. The van der Waals surface area contributed by atoms with Crippen LogP contribution in [-0.2, 0) is 4.74 Å². The van der Waals surface area contributed by atoms with Gasteiger partial charge in [-0.25, -0.2) is 9.97 Å². The monoisotopic (exact) mass is 265 g/mol. The molecule has 0 radical (unpaired) electrons. The average Bonchev–Trinajstić information content (AvgIpc) is 2.39. The Labute approximate surface area is 109 Å². The Balaban J connectivity index is 1.99. The smallest absolute Gasteiger partial charge is 0.226 e. The van der Waals surface area contributed by atoms with E-state index in [4.69, 9.17) is 16.3 Å². The minimum Gasteiger partial charge on any atom is -0.506 e. The standard InChI is InChI=1S/C12H12ClN3O2/c13-10-7-16(4-5-18-10)12-14-6-8-2-1-3-9(17)11(8)15-12/h1-3,6,10,17H,4-5,7H2. The van der Waals surface area contributed by atoms with Gasteiger partial charge in [0.15, 0.2) is 0 Å². The van der Waals surface area contributed by atoms with Gasteiger partial charge in [0.25, 0.3) is 0 Å². The number of fused-ring (bicyclic) bond motifs is 1. The van der Waals surface area contributed by atoms with Crippen molar-refractivity contribution in [2.75, 3.05) is 24.6 Å². The highest BCUT2D eigenvalue weighted by Gasteiger charge is 2.20. The van der Waals surface area contributed by atoms with E-state index in [0.717, 1.165) is 5.39 Å². The van der Waals surface area contributed by atoms with Gasteiger partial charge in [-0.3, -0.25) is 0 Å². The number of alkyl halides is 1. The van der Waals surface area contributed by atoms with Gasteiger partial charge in [0, 0.05) is 18.1 Å². The number of rotatable bonds is 1. The van der Waals surface area contributed by atoms with Gasteiger partial charge in [-0.2, -0.15) is 0 Å². The van der Waals surface area contributed by atoms with Crippen LogP contribution in [0.25, 0.3) is 10.9 Å². The molecular weight excluding hydrogens is 254 g/mol. The second-order valence-corrected chi connectivity index (χ2v) is 4.60. The Morgan fingerprint density at radius 3 is 3.17 bits per heavy atom. The maximum absolute atomic E-state index is 9.79. The molecule has 18 heavy (non-hydrogen) atoms. The van der Waals surface area contributed by atoms with Crippen LogP contribution < -0.4 is 4.90 Å². The number of aromatic hydroxyl groups is 1. The fourth-order valence-electron chi connectivity index (χ4n) is 1.97. The zero-order chi connectivity index (χ0) is 12.5. The number of anilines is 1. The molecule has 2 aromatic rings. The van der Waals surface area contributed by atoms with Crippen LogP contribution in [0.4, 0.5) is 5.95 Å². The van der Waals surface area contributed by atoms with Crippen LogP contribution in [-0.4, -0.2) is 40.3 Å². The Bertz CT molecular complexity index is 578. The van der Waals surface area contributed by atoms with E-state index in [1.54, 1.807) is 18.3 Å². The first-order chi connectivity index (χ1) is 8.74. The lowest BCUT2D eigenvalue weighted by molar-refractivity contribution is 0.0928. The molecule has 1 unspecified atom stereocenters. The summed E-state index contributed by atoms with van der Waals surface area (Å²) < 4.78 is 5.26. The van der Waals surface area contributed by atoms with E-state index in [1.165, 1.54) is 0 Å². The van der Waals surface area contributed by atoms with Crippen molar-refractivity contribution in [3.8, 4) is 5.75 Å². The highest BCUT2D eigenvalue weighted by molar-refractivity contribution is 6.20. The number of hydrogen-bond donors (Lipinski definition) is 1. The quantitative estimate of drug-likeness (QED) is 0.796. The molecule has 1 aliphatic heterocycles. The van der Waals surface area contributed by atoms with Crippen LogP contribution in [0.15, 0.2) is 24.4 Å². The number of phenols is 1. The Kier molecular flexibility index (Phi) is 2.93. The molecule has 0 aliphatic carbocycles. The number of aromatic nitrogens is 2. The van der Waals surface area contributed by atoms with E-state index < -0.39 is 0 Å². The van der Waals surface area contributed by atoms with Crippen LogP contribution in [0.1, 0.15) is 0 Å². The van der Waals surface area contributed by atoms with Gasteiger partial charge in [-0.1, -0.05) is 23.7 Å². The first kappa shape index (κ1) is 11.5. The van der Waals surface area contributed by atoms with Gasteiger partial charge in [-0.15, -0.1) is 0 Å². The van der Waals surface area contributed by atoms with Crippen molar-refractivity contribution in [1.29, 1.82) is 0 Å². The predicted molar refractivity (Wildman–Crippen MR) is 69.0 cm³/mol. The van der Waals surface area contributed by atoms with Crippen LogP contribution >= 0.6 is 11.6 Å². The Morgan fingerprint density at radius 1 is 1.44 bits per heavy atom. The molecule has 1 aromatic heterocycles. The predicted octanol–water partition coefficient (Wildman–Crippen LogP) is 1.74. The molecule has 2 heterocycles. The van der Waals surface area contributed by atoms with E-state index in [9.17, 15) is 5.11 Å². The summed E-state index contributed by atoms with van der Waals surface area (Å²) in [6, 6.07) is 5.25. The number of nitrogens with zero attached hydrogens (tertiary/aromatic N) is 3. The lowest BCUT2D eigenvalue weighted by Crippen LogP contribution is -2.41. The first-order valence-electron chi connectivity index (χ1n) is 5.69. The summed E-state index contributed by atoms with van der Waals surface area (Å²) in [6.45, 7) is 1.79. The zero-order valence-electron chi connectivity index (χ0n) is 9.58. The molecule has 3 rings (SSSR count). The van der Waals surface area contributed by atoms with E-state index in [1.807, 2.05) is 11.0 Å². The summed E-state index contributed by atoms with van der Waals surface area (Å²) in [5.74, 6) is 0.727. The van der Waals surface area contributed by atoms with Gasteiger partial charge < -0.3 is 14.7 Å². The topological polar surface area (TPSA) is 58.5 Å². The van der Waals surface area contributed by atoms with Crippen LogP contribution in [0.2, 0.25) is 0 Å². The maximum atomic E-state index is 9.79. The minimum atomic E-state index is -0.345. The summed E-state index contributed by atoms with van der Waals surface area (Å²) in [5, 5.41) is 10.6. The Morgan fingerprint density at radius 2 is 2.33 bits per heavy atom. The number of benzene rings is 1. The molecule has 1 N–H and O–H groups in total.